The molecule has 0 spiro atoms. The lowest BCUT2D eigenvalue weighted by molar-refractivity contribution is 0.419. The third kappa shape index (κ3) is 2.29. The van der Waals surface area contributed by atoms with Crippen molar-refractivity contribution in [2.75, 3.05) is 6.54 Å². The van der Waals surface area contributed by atoms with E-state index in [9.17, 15) is 0 Å². The molecule has 1 heterocycles. The van der Waals surface area contributed by atoms with Gasteiger partial charge in [-0.3, -0.25) is 0 Å². The Hall–Kier alpha value is -0.830. The number of nitrogens with one attached hydrogen (secondary N) is 2. The molecule has 0 amide bonds. The summed E-state index contributed by atoms with van der Waals surface area (Å²) in [5.74, 6) is 1.11. The third-order valence-corrected chi connectivity index (χ3v) is 3.42. The number of nitrogens with zero attached hydrogens (tertiary/aromatic N) is 1. The molecule has 1 aromatic rings. The standard InChI is InChI=1S/C13H23N3/c1-4-8-14-9-11-15-10-6-5-7-13(2,3)12(10)16-11/h14H,4-9H2,1-3H3,(H,15,16). The van der Waals surface area contributed by atoms with E-state index in [0.29, 0.717) is 0 Å². The van der Waals surface area contributed by atoms with Gasteiger partial charge < -0.3 is 10.3 Å². The zero-order valence-electron chi connectivity index (χ0n) is 10.7. The van der Waals surface area contributed by atoms with E-state index in [-0.39, 0.29) is 5.41 Å². The molecule has 3 heteroatoms. The molecule has 0 unspecified atom stereocenters. The van der Waals surface area contributed by atoms with Gasteiger partial charge in [0.25, 0.3) is 0 Å². The van der Waals surface area contributed by atoms with Crippen molar-refractivity contribution in [3.8, 4) is 0 Å². The summed E-state index contributed by atoms with van der Waals surface area (Å²) in [5, 5.41) is 3.39. The molecular weight excluding hydrogens is 198 g/mol. The fourth-order valence-corrected chi connectivity index (χ4v) is 2.50. The summed E-state index contributed by atoms with van der Waals surface area (Å²) < 4.78 is 0. The Balaban J connectivity index is 2.10. The quantitative estimate of drug-likeness (QED) is 0.767. The van der Waals surface area contributed by atoms with Crippen molar-refractivity contribution in [2.45, 2.75) is 58.4 Å². The molecule has 2 rings (SSSR count). The van der Waals surface area contributed by atoms with Gasteiger partial charge in [0, 0.05) is 11.1 Å². The fraction of sp³-hybridized carbons (Fsp3) is 0.769. The van der Waals surface area contributed by atoms with Crippen molar-refractivity contribution < 1.29 is 0 Å². The first-order valence-corrected chi connectivity index (χ1v) is 6.42. The molecule has 90 valence electrons. The average Bonchev–Trinajstić information content (AvgIpc) is 2.62. The molecular formula is C13H23N3. The van der Waals surface area contributed by atoms with Crippen LogP contribution < -0.4 is 5.32 Å². The van der Waals surface area contributed by atoms with Crippen LogP contribution in [0.3, 0.4) is 0 Å². The van der Waals surface area contributed by atoms with Crippen molar-refractivity contribution in [2.24, 2.45) is 0 Å². The van der Waals surface area contributed by atoms with Gasteiger partial charge in [-0.2, -0.15) is 0 Å². The molecule has 3 nitrogen and oxygen atoms in total. The number of aryl methyl sites for hydroxylation is 1. The molecule has 0 aromatic carbocycles. The average molecular weight is 221 g/mol. The van der Waals surface area contributed by atoms with Crippen molar-refractivity contribution in [3.05, 3.63) is 17.2 Å². The monoisotopic (exact) mass is 221 g/mol. The van der Waals surface area contributed by atoms with Crippen LogP contribution in [0.4, 0.5) is 0 Å². The second kappa shape index (κ2) is 4.58. The van der Waals surface area contributed by atoms with E-state index in [4.69, 9.17) is 4.98 Å². The van der Waals surface area contributed by atoms with Gasteiger partial charge in [0.05, 0.1) is 12.2 Å². The van der Waals surface area contributed by atoms with Gasteiger partial charge in [0.15, 0.2) is 0 Å². The topological polar surface area (TPSA) is 40.7 Å². The summed E-state index contributed by atoms with van der Waals surface area (Å²) >= 11 is 0. The zero-order valence-corrected chi connectivity index (χ0v) is 10.7. The fourth-order valence-electron chi connectivity index (χ4n) is 2.50. The van der Waals surface area contributed by atoms with Crippen molar-refractivity contribution in [3.63, 3.8) is 0 Å². The Morgan fingerprint density at radius 2 is 2.25 bits per heavy atom. The number of fused-ring (bicyclic) bond motifs is 1. The third-order valence-electron chi connectivity index (χ3n) is 3.42. The summed E-state index contributed by atoms with van der Waals surface area (Å²) in [6.45, 7) is 8.72. The van der Waals surface area contributed by atoms with E-state index in [2.05, 4.69) is 31.1 Å². The van der Waals surface area contributed by atoms with Gasteiger partial charge in [0.1, 0.15) is 5.82 Å². The molecule has 1 aromatic heterocycles. The molecule has 0 saturated heterocycles. The van der Waals surface area contributed by atoms with Crippen LogP contribution in [-0.4, -0.2) is 16.5 Å². The first-order valence-electron chi connectivity index (χ1n) is 6.42. The van der Waals surface area contributed by atoms with Crippen LogP contribution in [-0.2, 0) is 18.4 Å². The smallest absolute Gasteiger partial charge is 0.120 e. The number of rotatable bonds is 4. The van der Waals surface area contributed by atoms with Gasteiger partial charge >= 0.3 is 0 Å². The highest BCUT2D eigenvalue weighted by Crippen LogP contribution is 2.34. The van der Waals surface area contributed by atoms with Crippen LogP contribution in [0.2, 0.25) is 0 Å². The molecule has 1 aliphatic carbocycles. The first-order chi connectivity index (χ1) is 7.63. The van der Waals surface area contributed by atoms with Crippen LogP contribution in [0.25, 0.3) is 0 Å². The minimum absolute atomic E-state index is 0.257. The highest BCUT2D eigenvalue weighted by Gasteiger charge is 2.30. The normalized spacial score (nSPS) is 18.4. The molecule has 2 N–H and O–H groups in total. The minimum atomic E-state index is 0.257. The van der Waals surface area contributed by atoms with E-state index in [0.717, 1.165) is 18.9 Å². The number of hydrogen-bond donors (Lipinski definition) is 2. The SMILES string of the molecule is CCCNCc1nc2c([nH]1)CCCC2(C)C. The molecule has 0 radical (unpaired) electrons. The van der Waals surface area contributed by atoms with Crippen LogP contribution in [0, 0.1) is 0 Å². The number of aromatic amines is 1. The van der Waals surface area contributed by atoms with Gasteiger partial charge in [-0.05, 0) is 32.2 Å². The molecule has 0 atom stereocenters. The molecule has 1 aliphatic rings. The van der Waals surface area contributed by atoms with Crippen molar-refractivity contribution in [1.82, 2.24) is 15.3 Å². The second-order valence-corrected chi connectivity index (χ2v) is 5.42. The van der Waals surface area contributed by atoms with E-state index < -0.39 is 0 Å². The molecule has 0 aliphatic heterocycles. The zero-order chi connectivity index (χ0) is 11.6. The van der Waals surface area contributed by atoms with Crippen LogP contribution in [0.15, 0.2) is 0 Å². The van der Waals surface area contributed by atoms with Crippen molar-refractivity contribution in [1.29, 1.82) is 0 Å². The highest BCUT2D eigenvalue weighted by molar-refractivity contribution is 5.26. The lowest BCUT2D eigenvalue weighted by atomic mass is 9.78. The number of imidazole rings is 1. The summed E-state index contributed by atoms with van der Waals surface area (Å²) in [6.07, 6.45) is 4.88. The Morgan fingerprint density at radius 1 is 1.44 bits per heavy atom. The Bertz CT molecular complexity index is 352. The van der Waals surface area contributed by atoms with E-state index in [1.54, 1.807) is 0 Å². The van der Waals surface area contributed by atoms with E-state index in [1.165, 1.54) is 37.1 Å². The first kappa shape index (κ1) is 11.6. The maximum Gasteiger partial charge on any atom is 0.120 e. The van der Waals surface area contributed by atoms with Gasteiger partial charge in [0.2, 0.25) is 0 Å². The Labute approximate surface area is 98.1 Å². The predicted molar refractivity (Wildman–Crippen MR) is 66.5 cm³/mol. The number of aromatic nitrogens is 2. The highest BCUT2D eigenvalue weighted by atomic mass is 15.0. The summed E-state index contributed by atoms with van der Waals surface area (Å²) in [5.41, 5.74) is 2.92. The maximum atomic E-state index is 4.76. The molecule has 16 heavy (non-hydrogen) atoms. The Morgan fingerprint density at radius 3 is 2.94 bits per heavy atom. The largest absolute Gasteiger partial charge is 0.345 e. The molecule has 0 fully saturated rings. The van der Waals surface area contributed by atoms with Gasteiger partial charge in [-0.25, -0.2) is 4.98 Å². The van der Waals surface area contributed by atoms with Crippen molar-refractivity contribution >= 4 is 0 Å². The molecule has 0 saturated carbocycles. The Kier molecular flexibility index (Phi) is 3.33. The van der Waals surface area contributed by atoms with Gasteiger partial charge in [-0.15, -0.1) is 0 Å². The predicted octanol–water partition coefficient (Wildman–Crippen LogP) is 2.52. The summed E-state index contributed by atoms with van der Waals surface area (Å²) in [6, 6.07) is 0. The summed E-state index contributed by atoms with van der Waals surface area (Å²) in [7, 11) is 0. The van der Waals surface area contributed by atoms with Crippen LogP contribution in [0.5, 0.6) is 0 Å². The van der Waals surface area contributed by atoms with Crippen LogP contribution in [0.1, 0.15) is 57.2 Å². The lowest BCUT2D eigenvalue weighted by Crippen LogP contribution is -2.23. The minimum Gasteiger partial charge on any atom is -0.345 e. The van der Waals surface area contributed by atoms with E-state index in [1.807, 2.05) is 0 Å². The lowest BCUT2D eigenvalue weighted by Gasteiger charge is -2.27. The molecule has 0 bridgehead atoms. The second-order valence-electron chi connectivity index (χ2n) is 5.42. The van der Waals surface area contributed by atoms with Gasteiger partial charge in [-0.1, -0.05) is 20.8 Å². The maximum absolute atomic E-state index is 4.76. The summed E-state index contributed by atoms with van der Waals surface area (Å²) in [4.78, 5) is 8.23. The van der Waals surface area contributed by atoms with Crippen LogP contribution >= 0.6 is 0 Å². The number of H-pyrrole nitrogens is 1. The van der Waals surface area contributed by atoms with E-state index >= 15 is 0 Å². The number of hydrogen-bond acceptors (Lipinski definition) is 2.